The first-order valence-corrected chi connectivity index (χ1v) is 10.9. The van der Waals surface area contributed by atoms with Gasteiger partial charge in [0.25, 0.3) is 5.91 Å². The van der Waals surface area contributed by atoms with Gasteiger partial charge in [-0.3, -0.25) is 14.4 Å². The Morgan fingerprint density at radius 1 is 1.10 bits per heavy atom. The quantitative estimate of drug-likeness (QED) is 0.634. The number of amides is 2. The van der Waals surface area contributed by atoms with Gasteiger partial charge in [-0.2, -0.15) is 4.72 Å². The number of nitrogens with one attached hydrogen (secondary N) is 2. The van der Waals surface area contributed by atoms with Crippen molar-refractivity contribution in [1.29, 1.82) is 0 Å². The van der Waals surface area contributed by atoms with Gasteiger partial charge >= 0.3 is 5.97 Å². The highest BCUT2D eigenvalue weighted by atomic mass is 32.2. The average Bonchev–Trinajstić information content (AvgIpc) is 2.64. The van der Waals surface area contributed by atoms with Crippen LogP contribution in [0.5, 0.6) is 0 Å². The number of esters is 1. The van der Waals surface area contributed by atoms with Gasteiger partial charge in [-0.25, -0.2) is 8.42 Å². The van der Waals surface area contributed by atoms with E-state index in [1.54, 1.807) is 4.90 Å². The molecule has 2 N–H and O–H groups in total. The van der Waals surface area contributed by atoms with Crippen molar-refractivity contribution in [2.45, 2.75) is 57.0 Å². The highest BCUT2D eigenvalue weighted by Crippen LogP contribution is 2.22. The topological polar surface area (TPSA) is 122 Å². The first-order valence-electron chi connectivity index (χ1n) is 9.44. The molecule has 0 radical (unpaired) electrons. The maximum atomic E-state index is 12.3. The molecule has 2 atom stereocenters. The van der Waals surface area contributed by atoms with Gasteiger partial charge in [0.15, 0.2) is 6.61 Å². The Balaban J connectivity index is 1.84. The first kappa shape index (κ1) is 22.8. The fourth-order valence-corrected chi connectivity index (χ4v) is 4.31. The molecule has 1 aliphatic rings. The van der Waals surface area contributed by atoms with E-state index in [1.807, 2.05) is 13.8 Å². The third-order valence-corrected chi connectivity index (χ3v) is 6.15. The van der Waals surface area contributed by atoms with E-state index in [1.165, 1.54) is 31.2 Å². The number of piperidine rings is 1. The summed E-state index contributed by atoms with van der Waals surface area (Å²) in [4.78, 5) is 36.9. The highest BCUT2D eigenvalue weighted by Gasteiger charge is 2.29. The first-order chi connectivity index (χ1) is 13.6. The number of rotatable bonds is 7. The van der Waals surface area contributed by atoms with Crippen LogP contribution in [0.2, 0.25) is 0 Å². The number of ether oxygens (including phenoxy) is 1. The monoisotopic (exact) mass is 425 g/mol. The standard InChI is InChI=1S/C19H27N3O6S/c1-13-5-4-6-14(2)22(13)18(24)12-28-19(25)11-20-29(26,27)17-9-7-16(8-10-17)21-15(3)23/h7-10,13-14,20H,4-6,11-12H2,1-3H3,(H,21,23)/t13-,14+. The van der Waals surface area contributed by atoms with E-state index in [0.29, 0.717) is 5.69 Å². The van der Waals surface area contributed by atoms with Gasteiger partial charge in [-0.15, -0.1) is 0 Å². The number of hydrogen-bond acceptors (Lipinski definition) is 6. The third kappa shape index (κ3) is 6.53. The summed E-state index contributed by atoms with van der Waals surface area (Å²) in [6, 6.07) is 5.66. The van der Waals surface area contributed by atoms with Gasteiger partial charge in [0.1, 0.15) is 6.54 Å². The fraction of sp³-hybridized carbons (Fsp3) is 0.526. The SMILES string of the molecule is CC(=O)Nc1ccc(S(=O)(=O)NCC(=O)OCC(=O)N2[C@H](C)CCC[C@@H]2C)cc1. The summed E-state index contributed by atoms with van der Waals surface area (Å²) in [5.74, 6) is -1.40. The van der Waals surface area contributed by atoms with Crippen LogP contribution in [-0.2, 0) is 29.1 Å². The molecular formula is C19H27N3O6S. The Hall–Kier alpha value is -2.46. The second-order valence-corrected chi connectivity index (χ2v) is 8.89. The summed E-state index contributed by atoms with van der Waals surface area (Å²) >= 11 is 0. The van der Waals surface area contributed by atoms with E-state index < -0.39 is 29.1 Å². The lowest BCUT2D eigenvalue weighted by Crippen LogP contribution is -2.49. The summed E-state index contributed by atoms with van der Waals surface area (Å²) in [7, 11) is -3.94. The lowest BCUT2D eigenvalue weighted by Gasteiger charge is -2.38. The lowest BCUT2D eigenvalue weighted by atomic mass is 9.97. The normalized spacial score (nSPS) is 19.5. The van der Waals surface area contributed by atoms with Crippen molar-refractivity contribution in [3.05, 3.63) is 24.3 Å². The van der Waals surface area contributed by atoms with Crippen LogP contribution in [-0.4, -0.2) is 56.3 Å². The van der Waals surface area contributed by atoms with Gasteiger partial charge in [-0.05, 0) is 57.4 Å². The average molecular weight is 426 g/mol. The van der Waals surface area contributed by atoms with E-state index in [4.69, 9.17) is 4.74 Å². The van der Waals surface area contributed by atoms with E-state index in [0.717, 1.165) is 19.3 Å². The van der Waals surface area contributed by atoms with Crippen LogP contribution < -0.4 is 10.0 Å². The number of hydrogen-bond donors (Lipinski definition) is 2. The van der Waals surface area contributed by atoms with Gasteiger partial charge in [0, 0.05) is 24.7 Å². The summed E-state index contributed by atoms with van der Waals surface area (Å²) in [6.07, 6.45) is 2.87. The van der Waals surface area contributed by atoms with Gasteiger partial charge in [-0.1, -0.05) is 0 Å². The number of sulfonamides is 1. The summed E-state index contributed by atoms with van der Waals surface area (Å²) < 4.78 is 31.6. The molecule has 1 fully saturated rings. The molecule has 160 valence electrons. The van der Waals surface area contributed by atoms with Crippen LogP contribution in [0.1, 0.15) is 40.0 Å². The molecule has 0 spiro atoms. The maximum Gasteiger partial charge on any atom is 0.321 e. The molecule has 0 unspecified atom stereocenters. The molecule has 2 amide bonds. The van der Waals surface area contributed by atoms with E-state index in [-0.39, 0.29) is 28.8 Å². The molecule has 10 heteroatoms. The predicted octanol–water partition coefficient (Wildman–Crippen LogP) is 1.26. The number of carbonyl (C=O) groups excluding carboxylic acids is 3. The molecule has 9 nitrogen and oxygen atoms in total. The smallest absolute Gasteiger partial charge is 0.321 e. The summed E-state index contributed by atoms with van der Waals surface area (Å²) in [5.41, 5.74) is 0.454. The minimum atomic E-state index is -3.94. The molecule has 1 aromatic carbocycles. The minimum absolute atomic E-state index is 0.0635. The number of nitrogens with zero attached hydrogens (tertiary/aromatic N) is 1. The molecule has 0 saturated carbocycles. The number of benzene rings is 1. The van der Waals surface area contributed by atoms with Crippen LogP contribution in [0.15, 0.2) is 29.2 Å². The second-order valence-electron chi connectivity index (χ2n) is 7.12. The molecule has 0 bridgehead atoms. The van der Waals surface area contributed by atoms with E-state index >= 15 is 0 Å². The molecule has 2 rings (SSSR count). The summed E-state index contributed by atoms with van der Waals surface area (Å²) in [6.45, 7) is 4.26. The number of likely N-dealkylation sites (tertiary alicyclic amines) is 1. The largest absolute Gasteiger partial charge is 0.455 e. The van der Waals surface area contributed by atoms with Crippen molar-refractivity contribution in [3.63, 3.8) is 0 Å². The Morgan fingerprint density at radius 2 is 1.69 bits per heavy atom. The zero-order valence-electron chi connectivity index (χ0n) is 16.8. The molecule has 1 heterocycles. The Bertz CT molecular complexity index is 843. The molecule has 1 aromatic rings. The van der Waals surface area contributed by atoms with Crippen LogP contribution in [0.4, 0.5) is 5.69 Å². The molecule has 1 aliphatic heterocycles. The Morgan fingerprint density at radius 3 is 2.24 bits per heavy atom. The Labute approximate surface area is 170 Å². The zero-order chi connectivity index (χ0) is 21.6. The number of carbonyl (C=O) groups is 3. The van der Waals surface area contributed by atoms with Crippen LogP contribution in [0.3, 0.4) is 0 Å². The van der Waals surface area contributed by atoms with Crippen molar-refractivity contribution in [2.24, 2.45) is 0 Å². The molecular weight excluding hydrogens is 398 g/mol. The number of anilines is 1. The summed E-state index contributed by atoms with van der Waals surface area (Å²) in [5, 5.41) is 2.53. The van der Waals surface area contributed by atoms with Crippen molar-refractivity contribution >= 4 is 33.5 Å². The van der Waals surface area contributed by atoms with Crippen LogP contribution in [0, 0.1) is 0 Å². The van der Waals surface area contributed by atoms with Gasteiger partial charge in [0.2, 0.25) is 15.9 Å². The highest BCUT2D eigenvalue weighted by molar-refractivity contribution is 7.89. The molecule has 0 aliphatic carbocycles. The molecule has 1 saturated heterocycles. The maximum absolute atomic E-state index is 12.3. The van der Waals surface area contributed by atoms with Crippen molar-refractivity contribution in [3.8, 4) is 0 Å². The van der Waals surface area contributed by atoms with Crippen molar-refractivity contribution in [2.75, 3.05) is 18.5 Å². The minimum Gasteiger partial charge on any atom is -0.455 e. The third-order valence-electron chi connectivity index (χ3n) is 4.73. The van der Waals surface area contributed by atoms with Crippen LogP contribution in [0.25, 0.3) is 0 Å². The van der Waals surface area contributed by atoms with Gasteiger partial charge < -0.3 is 15.0 Å². The van der Waals surface area contributed by atoms with E-state index in [2.05, 4.69) is 10.0 Å². The lowest BCUT2D eigenvalue weighted by molar-refractivity contribution is -0.154. The fourth-order valence-electron chi connectivity index (χ4n) is 3.34. The molecule has 29 heavy (non-hydrogen) atoms. The second kappa shape index (κ2) is 9.84. The van der Waals surface area contributed by atoms with E-state index in [9.17, 15) is 22.8 Å². The predicted molar refractivity (Wildman–Crippen MR) is 107 cm³/mol. The Kier molecular flexibility index (Phi) is 7.74. The van der Waals surface area contributed by atoms with Crippen LogP contribution >= 0.6 is 0 Å². The van der Waals surface area contributed by atoms with Crippen molar-refractivity contribution in [1.82, 2.24) is 9.62 Å². The van der Waals surface area contributed by atoms with Crippen molar-refractivity contribution < 1.29 is 27.5 Å². The van der Waals surface area contributed by atoms with Gasteiger partial charge in [0.05, 0.1) is 4.90 Å². The zero-order valence-corrected chi connectivity index (χ0v) is 17.6. The molecule has 0 aromatic heterocycles.